The van der Waals surface area contributed by atoms with E-state index in [0.29, 0.717) is 17.4 Å². The number of hydrogen-bond acceptors (Lipinski definition) is 3. The van der Waals surface area contributed by atoms with Crippen molar-refractivity contribution in [3.63, 3.8) is 0 Å². The van der Waals surface area contributed by atoms with E-state index in [4.69, 9.17) is 5.11 Å². The lowest BCUT2D eigenvalue weighted by Crippen LogP contribution is -2.34. The molecule has 0 radical (unpaired) electrons. The van der Waals surface area contributed by atoms with Gasteiger partial charge in [-0.1, -0.05) is 13.0 Å². The molecule has 102 valence electrons. The molecule has 1 aromatic carbocycles. The Labute approximate surface area is 117 Å². The molecule has 0 unspecified atom stereocenters. The van der Waals surface area contributed by atoms with Crippen LogP contribution in [0.2, 0.25) is 0 Å². The largest absolute Gasteiger partial charge is 0.395 e. The molecule has 0 spiro atoms. The highest BCUT2D eigenvalue weighted by atomic mass is 79.9. The average Bonchev–Trinajstić information content (AvgIpc) is 2.28. The van der Waals surface area contributed by atoms with Crippen molar-refractivity contribution in [2.45, 2.75) is 25.2 Å². The van der Waals surface area contributed by atoms with E-state index >= 15 is 0 Å². The van der Waals surface area contributed by atoms with Gasteiger partial charge in [0.15, 0.2) is 0 Å². The molecule has 0 heterocycles. The van der Waals surface area contributed by atoms with Gasteiger partial charge in [-0.05, 0) is 47.0 Å². The maximum absolute atomic E-state index is 12.4. The number of hydrogen-bond donors (Lipinski definition) is 1. The molecule has 1 aromatic rings. The second kappa shape index (κ2) is 6.65. The Hall–Kier alpha value is -0.430. The van der Waals surface area contributed by atoms with Gasteiger partial charge in [-0.3, -0.25) is 0 Å². The van der Waals surface area contributed by atoms with Crippen molar-refractivity contribution in [3.05, 3.63) is 28.2 Å². The van der Waals surface area contributed by atoms with E-state index in [0.717, 1.165) is 5.56 Å². The maximum atomic E-state index is 12.4. The van der Waals surface area contributed by atoms with Crippen LogP contribution < -0.4 is 0 Å². The van der Waals surface area contributed by atoms with E-state index in [-0.39, 0.29) is 18.0 Å². The zero-order valence-corrected chi connectivity index (χ0v) is 13.0. The first-order valence-corrected chi connectivity index (χ1v) is 8.04. The van der Waals surface area contributed by atoms with Crippen LogP contribution in [0.4, 0.5) is 0 Å². The Morgan fingerprint density at radius 2 is 2.00 bits per heavy atom. The molecule has 6 heteroatoms. The standard InChI is InChI=1S/C12H18BrNO3S/c1-3-6-14(7-8-15)18(16,17)12-5-4-10(2)9-11(12)13/h4-5,9,15H,3,6-8H2,1-2H3. The fourth-order valence-corrected chi connectivity index (χ4v) is 4.34. The van der Waals surface area contributed by atoms with Crippen LogP contribution in [0.15, 0.2) is 27.6 Å². The number of nitrogens with zero attached hydrogens (tertiary/aromatic N) is 1. The summed E-state index contributed by atoms with van der Waals surface area (Å²) in [6, 6.07) is 5.13. The van der Waals surface area contributed by atoms with Crippen LogP contribution >= 0.6 is 15.9 Å². The van der Waals surface area contributed by atoms with E-state index in [1.165, 1.54) is 4.31 Å². The summed E-state index contributed by atoms with van der Waals surface area (Å²) in [6.45, 7) is 4.16. The lowest BCUT2D eigenvalue weighted by molar-refractivity contribution is 0.253. The summed E-state index contributed by atoms with van der Waals surface area (Å²) in [5.74, 6) is 0. The number of halogens is 1. The molecule has 0 aliphatic heterocycles. The van der Waals surface area contributed by atoms with Gasteiger partial charge in [0.25, 0.3) is 0 Å². The third-order valence-electron chi connectivity index (χ3n) is 2.53. The number of rotatable bonds is 6. The molecule has 0 atom stereocenters. The van der Waals surface area contributed by atoms with Crippen molar-refractivity contribution in [3.8, 4) is 0 Å². The highest BCUT2D eigenvalue weighted by Gasteiger charge is 2.25. The number of aryl methyl sites for hydroxylation is 1. The van der Waals surface area contributed by atoms with Gasteiger partial charge in [0, 0.05) is 17.6 Å². The van der Waals surface area contributed by atoms with Crippen LogP contribution in [0.1, 0.15) is 18.9 Å². The van der Waals surface area contributed by atoms with Crippen molar-refractivity contribution in [2.24, 2.45) is 0 Å². The number of aliphatic hydroxyl groups excluding tert-OH is 1. The quantitative estimate of drug-likeness (QED) is 0.866. The molecule has 1 rings (SSSR count). The molecule has 0 aliphatic carbocycles. The van der Waals surface area contributed by atoms with Gasteiger partial charge in [-0.2, -0.15) is 4.31 Å². The summed E-state index contributed by atoms with van der Waals surface area (Å²) in [7, 11) is -3.55. The molecule has 0 aliphatic rings. The summed E-state index contributed by atoms with van der Waals surface area (Å²) >= 11 is 3.29. The van der Waals surface area contributed by atoms with Gasteiger partial charge in [0.2, 0.25) is 10.0 Å². The van der Waals surface area contributed by atoms with Gasteiger partial charge in [0.05, 0.1) is 11.5 Å². The van der Waals surface area contributed by atoms with Crippen LogP contribution in [-0.2, 0) is 10.0 Å². The van der Waals surface area contributed by atoms with Crippen molar-refractivity contribution >= 4 is 26.0 Å². The second-order valence-electron chi connectivity index (χ2n) is 4.06. The molecule has 4 nitrogen and oxygen atoms in total. The summed E-state index contributed by atoms with van der Waals surface area (Å²) in [4.78, 5) is 0.245. The average molecular weight is 336 g/mol. The van der Waals surface area contributed by atoms with Crippen molar-refractivity contribution in [1.29, 1.82) is 0 Å². The monoisotopic (exact) mass is 335 g/mol. The third-order valence-corrected chi connectivity index (χ3v) is 5.40. The normalized spacial score (nSPS) is 12.1. The maximum Gasteiger partial charge on any atom is 0.244 e. The van der Waals surface area contributed by atoms with Gasteiger partial charge in [0.1, 0.15) is 0 Å². The predicted molar refractivity (Wildman–Crippen MR) is 75.0 cm³/mol. The zero-order chi connectivity index (χ0) is 13.8. The Morgan fingerprint density at radius 3 is 2.50 bits per heavy atom. The fourth-order valence-electron chi connectivity index (χ4n) is 1.67. The van der Waals surface area contributed by atoms with Crippen molar-refractivity contribution in [2.75, 3.05) is 19.7 Å². The van der Waals surface area contributed by atoms with E-state index in [1.807, 2.05) is 13.8 Å². The summed E-state index contributed by atoms with van der Waals surface area (Å²) in [6.07, 6.45) is 0.711. The number of aliphatic hydroxyl groups is 1. The minimum atomic E-state index is -3.55. The fraction of sp³-hybridized carbons (Fsp3) is 0.500. The highest BCUT2D eigenvalue weighted by molar-refractivity contribution is 9.10. The smallest absolute Gasteiger partial charge is 0.244 e. The summed E-state index contributed by atoms with van der Waals surface area (Å²) in [5, 5.41) is 8.97. The predicted octanol–water partition coefficient (Wildman–Crippen LogP) is 2.15. The van der Waals surface area contributed by atoms with Gasteiger partial charge >= 0.3 is 0 Å². The first-order chi connectivity index (χ1) is 8.43. The van der Waals surface area contributed by atoms with Crippen LogP contribution in [0.3, 0.4) is 0 Å². The topological polar surface area (TPSA) is 57.6 Å². The SMILES string of the molecule is CCCN(CCO)S(=O)(=O)c1ccc(C)cc1Br. The first-order valence-electron chi connectivity index (χ1n) is 5.80. The number of sulfonamides is 1. The third kappa shape index (κ3) is 3.54. The Bertz CT molecular complexity index is 496. The molecular formula is C12H18BrNO3S. The molecule has 1 N–H and O–H groups in total. The first kappa shape index (κ1) is 15.6. The van der Waals surface area contributed by atoms with E-state index in [2.05, 4.69) is 15.9 Å². The molecule has 18 heavy (non-hydrogen) atoms. The van der Waals surface area contributed by atoms with Crippen LogP contribution in [-0.4, -0.2) is 37.5 Å². The van der Waals surface area contributed by atoms with Gasteiger partial charge in [-0.15, -0.1) is 0 Å². The summed E-state index contributed by atoms with van der Waals surface area (Å²) in [5.41, 5.74) is 0.991. The Kier molecular flexibility index (Phi) is 5.78. The second-order valence-corrected chi connectivity index (χ2v) is 6.82. The zero-order valence-electron chi connectivity index (χ0n) is 10.6. The van der Waals surface area contributed by atoms with Crippen LogP contribution in [0.5, 0.6) is 0 Å². The molecule has 0 fully saturated rings. The van der Waals surface area contributed by atoms with Gasteiger partial charge in [-0.25, -0.2) is 8.42 Å². The summed E-state index contributed by atoms with van der Waals surface area (Å²) < 4.78 is 26.7. The van der Waals surface area contributed by atoms with Crippen molar-refractivity contribution < 1.29 is 13.5 Å². The molecule has 0 bridgehead atoms. The van der Waals surface area contributed by atoms with Crippen LogP contribution in [0, 0.1) is 6.92 Å². The molecule has 0 saturated carbocycles. The highest BCUT2D eigenvalue weighted by Crippen LogP contribution is 2.26. The Morgan fingerprint density at radius 1 is 1.33 bits per heavy atom. The lowest BCUT2D eigenvalue weighted by atomic mass is 10.2. The minimum absolute atomic E-state index is 0.122. The molecule has 0 saturated heterocycles. The molecule has 0 amide bonds. The lowest BCUT2D eigenvalue weighted by Gasteiger charge is -2.21. The van der Waals surface area contributed by atoms with Gasteiger partial charge < -0.3 is 5.11 Å². The van der Waals surface area contributed by atoms with E-state index in [9.17, 15) is 8.42 Å². The molecular weight excluding hydrogens is 318 g/mol. The van der Waals surface area contributed by atoms with E-state index < -0.39 is 10.0 Å². The Balaban J connectivity index is 3.17. The number of benzene rings is 1. The van der Waals surface area contributed by atoms with Crippen LogP contribution in [0.25, 0.3) is 0 Å². The van der Waals surface area contributed by atoms with E-state index in [1.54, 1.807) is 18.2 Å². The van der Waals surface area contributed by atoms with Crippen molar-refractivity contribution in [1.82, 2.24) is 4.31 Å². The minimum Gasteiger partial charge on any atom is -0.395 e. The molecule has 0 aromatic heterocycles.